The summed E-state index contributed by atoms with van der Waals surface area (Å²) >= 11 is 0. The molecule has 5 heteroatoms. The molecule has 0 heterocycles. The quantitative estimate of drug-likeness (QED) is 0.193. The van der Waals surface area contributed by atoms with Crippen molar-refractivity contribution in [3.8, 4) is 0 Å². The first-order valence-corrected chi connectivity index (χ1v) is 11.8. The number of ether oxygens (including phenoxy) is 2. The Bertz CT molecular complexity index is 660. The number of hydrogen-bond donors (Lipinski definition) is 0. The second-order valence-corrected chi connectivity index (χ2v) is 8.24. The van der Waals surface area contributed by atoms with Gasteiger partial charge in [-0.3, -0.25) is 14.4 Å². The predicted octanol–water partition coefficient (Wildman–Crippen LogP) is 5.61. The van der Waals surface area contributed by atoms with Gasteiger partial charge in [-0.05, 0) is 57.6 Å². The molecule has 1 aromatic carbocycles. The van der Waals surface area contributed by atoms with E-state index >= 15 is 0 Å². The zero-order valence-electron chi connectivity index (χ0n) is 19.8. The zero-order valence-corrected chi connectivity index (χ0v) is 19.8. The van der Waals surface area contributed by atoms with Gasteiger partial charge in [0.25, 0.3) is 0 Å². The Morgan fingerprint density at radius 1 is 0.742 bits per heavy atom. The minimum atomic E-state index is -1.59. The molecule has 0 N–H and O–H groups in total. The van der Waals surface area contributed by atoms with Gasteiger partial charge in [0.1, 0.15) is 5.78 Å². The van der Waals surface area contributed by atoms with E-state index in [2.05, 4.69) is 19.1 Å². The summed E-state index contributed by atoms with van der Waals surface area (Å²) < 4.78 is 10.3. The van der Waals surface area contributed by atoms with Gasteiger partial charge < -0.3 is 9.47 Å². The number of rotatable bonds is 16. The number of Topliss-reactive ketones (excluding diaryl/α,β-unsaturated/α-hetero) is 1. The number of benzene rings is 1. The van der Waals surface area contributed by atoms with Gasteiger partial charge in [0, 0.05) is 6.42 Å². The van der Waals surface area contributed by atoms with Crippen molar-refractivity contribution in [1.29, 1.82) is 0 Å². The fourth-order valence-electron chi connectivity index (χ4n) is 3.82. The molecule has 0 radical (unpaired) electrons. The molecule has 0 unspecified atom stereocenters. The summed E-state index contributed by atoms with van der Waals surface area (Å²) in [6, 6.07) is 8.31. The minimum Gasteiger partial charge on any atom is -0.465 e. The molecular formula is C26H40O5. The second-order valence-electron chi connectivity index (χ2n) is 8.24. The van der Waals surface area contributed by atoms with Crippen LogP contribution in [0.4, 0.5) is 0 Å². The maximum atomic E-state index is 12.7. The van der Waals surface area contributed by atoms with Crippen molar-refractivity contribution in [1.82, 2.24) is 0 Å². The SMILES string of the molecule is CCCCCCCCc1ccc(CCC(CC(C)=O)(C(=O)OCC)C(=O)OCC)cc1. The predicted molar refractivity (Wildman–Crippen MR) is 123 cm³/mol. The summed E-state index contributed by atoms with van der Waals surface area (Å²) in [5.41, 5.74) is 0.730. The highest BCUT2D eigenvalue weighted by atomic mass is 16.6. The van der Waals surface area contributed by atoms with Crippen molar-refractivity contribution in [3.63, 3.8) is 0 Å². The third-order valence-electron chi connectivity index (χ3n) is 5.57. The molecule has 0 spiro atoms. The first-order valence-electron chi connectivity index (χ1n) is 11.8. The van der Waals surface area contributed by atoms with Gasteiger partial charge in [0.05, 0.1) is 13.2 Å². The van der Waals surface area contributed by atoms with Gasteiger partial charge in [-0.1, -0.05) is 63.3 Å². The number of esters is 2. The number of hydrogen-bond acceptors (Lipinski definition) is 5. The molecule has 31 heavy (non-hydrogen) atoms. The normalized spacial score (nSPS) is 11.2. The van der Waals surface area contributed by atoms with Crippen molar-refractivity contribution < 1.29 is 23.9 Å². The number of carbonyl (C=O) groups is 3. The Labute approximate surface area is 187 Å². The molecule has 0 aliphatic carbocycles. The number of unbranched alkanes of at least 4 members (excludes halogenated alkanes) is 5. The highest BCUT2D eigenvalue weighted by molar-refractivity contribution is 6.03. The molecule has 0 aromatic heterocycles. The van der Waals surface area contributed by atoms with Gasteiger partial charge >= 0.3 is 11.9 Å². The third-order valence-corrected chi connectivity index (χ3v) is 5.57. The van der Waals surface area contributed by atoms with Crippen molar-refractivity contribution in [3.05, 3.63) is 35.4 Å². The summed E-state index contributed by atoms with van der Waals surface area (Å²) in [7, 11) is 0. The van der Waals surface area contributed by atoms with E-state index in [0.717, 1.165) is 12.0 Å². The summed E-state index contributed by atoms with van der Waals surface area (Å²) in [6.07, 6.45) is 9.17. The first-order chi connectivity index (χ1) is 14.9. The van der Waals surface area contributed by atoms with E-state index in [0.29, 0.717) is 6.42 Å². The zero-order chi connectivity index (χ0) is 23.1. The van der Waals surface area contributed by atoms with Gasteiger partial charge in [-0.25, -0.2) is 0 Å². The average Bonchev–Trinajstić information content (AvgIpc) is 2.74. The number of aryl methyl sites for hydroxylation is 2. The molecule has 0 atom stereocenters. The summed E-state index contributed by atoms with van der Waals surface area (Å²) in [5, 5.41) is 0. The van der Waals surface area contributed by atoms with Crippen molar-refractivity contribution in [2.75, 3.05) is 13.2 Å². The lowest BCUT2D eigenvalue weighted by Crippen LogP contribution is -2.44. The van der Waals surface area contributed by atoms with E-state index in [-0.39, 0.29) is 31.8 Å². The van der Waals surface area contributed by atoms with Gasteiger partial charge in [0.15, 0.2) is 5.41 Å². The summed E-state index contributed by atoms with van der Waals surface area (Å²) in [5.74, 6) is -1.60. The van der Waals surface area contributed by atoms with Crippen molar-refractivity contribution in [2.24, 2.45) is 5.41 Å². The molecule has 1 aromatic rings. The molecule has 0 bridgehead atoms. The Hall–Kier alpha value is -2.17. The average molecular weight is 433 g/mol. The molecule has 0 saturated carbocycles. The van der Waals surface area contributed by atoms with Crippen LogP contribution >= 0.6 is 0 Å². The molecule has 5 nitrogen and oxygen atoms in total. The second kappa shape index (κ2) is 14.8. The van der Waals surface area contributed by atoms with E-state index in [9.17, 15) is 14.4 Å². The highest BCUT2D eigenvalue weighted by Crippen LogP contribution is 2.33. The molecule has 0 saturated heterocycles. The lowest BCUT2D eigenvalue weighted by atomic mass is 9.77. The lowest BCUT2D eigenvalue weighted by Gasteiger charge is -2.28. The van der Waals surface area contributed by atoms with E-state index in [1.54, 1.807) is 13.8 Å². The van der Waals surface area contributed by atoms with Crippen molar-refractivity contribution in [2.45, 2.75) is 91.9 Å². The van der Waals surface area contributed by atoms with E-state index in [1.165, 1.54) is 51.0 Å². The maximum Gasteiger partial charge on any atom is 0.323 e. The van der Waals surface area contributed by atoms with Crippen LogP contribution in [0.3, 0.4) is 0 Å². The van der Waals surface area contributed by atoms with Crippen LogP contribution in [0.5, 0.6) is 0 Å². The topological polar surface area (TPSA) is 69.7 Å². The maximum absolute atomic E-state index is 12.7. The van der Waals surface area contributed by atoms with Crippen molar-refractivity contribution >= 4 is 17.7 Å². The highest BCUT2D eigenvalue weighted by Gasteiger charge is 2.49. The van der Waals surface area contributed by atoms with Crippen LogP contribution in [0, 0.1) is 5.41 Å². The van der Waals surface area contributed by atoms with E-state index in [4.69, 9.17) is 9.47 Å². The Morgan fingerprint density at radius 3 is 1.71 bits per heavy atom. The smallest absolute Gasteiger partial charge is 0.323 e. The fraction of sp³-hybridized carbons (Fsp3) is 0.654. The van der Waals surface area contributed by atoms with E-state index in [1.807, 2.05) is 12.1 Å². The number of ketones is 1. The van der Waals surface area contributed by atoms with Crippen LogP contribution < -0.4 is 0 Å². The molecule has 0 aliphatic heterocycles. The molecule has 0 amide bonds. The summed E-state index contributed by atoms with van der Waals surface area (Å²) in [6.45, 7) is 7.26. The molecular weight excluding hydrogens is 392 g/mol. The van der Waals surface area contributed by atoms with Crippen LogP contribution in [0.1, 0.15) is 90.2 Å². The fourth-order valence-corrected chi connectivity index (χ4v) is 3.82. The van der Waals surface area contributed by atoms with Gasteiger partial charge in [0.2, 0.25) is 0 Å². The monoisotopic (exact) mass is 432 g/mol. The number of carbonyl (C=O) groups excluding carboxylic acids is 3. The minimum absolute atomic E-state index is 0.144. The molecule has 0 fully saturated rings. The molecule has 174 valence electrons. The Balaban J connectivity index is 2.79. The Morgan fingerprint density at radius 2 is 1.23 bits per heavy atom. The largest absolute Gasteiger partial charge is 0.465 e. The molecule has 0 aliphatic rings. The van der Waals surface area contributed by atoms with Crippen LogP contribution in [0.2, 0.25) is 0 Å². The first kappa shape index (κ1) is 26.9. The van der Waals surface area contributed by atoms with Crippen LogP contribution in [0.25, 0.3) is 0 Å². The van der Waals surface area contributed by atoms with Crippen LogP contribution in [-0.4, -0.2) is 30.9 Å². The van der Waals surface area contributed by atoms with Crippen LogP contribution in [0.15, 0.2) is 24.3 Å². The lowest BCUT2D eigenvalue weighted by molar-refractivity contribution is -0.174. The third kappa shape index (κ3) is 9.24. The van der Waals surface area contributed by atoms with E-state index < -0.39 is 17.4 Å². The Kier molecular flexibility index (Phi) is 12.8. The van der Waals surface area contributed by atoms with Gasteiger partial charge in [-0.15, -0.1) is 0 Å². The van der Waals surface area contributed by atoms with Gasteiger partial charge in [-0.2, -0.15) is 0 Å². The standard InChI is InChI=1S/C26H40O5/c1-5-8-9-10-11-12-13-22-14-16-23(17-15-22)18-19-26(20-21(4)27,24(28)30-6-2)25(29)31-7-3/h14-17H,5-13,18-20H2,1-4H3. The molecule has 1 rings (SSSR count). The summed E-state index contributed by atoms with van der Waals surface area (Å²) in [4.78, 5) is 37.4. The van der Waals surface area contributed by atoms with Crippen LogP contribution in [-0.2, 0) is 36.7 Å².